The molecule has 1 atom stereocenters. The molecule has 2 N–H and O–H groups in total. The number of rotatable bonds is 6. The predicted molar refractivity (Wildman–Crippen MR) is 83.2 cm³/mol. The van der Waals surface area contributed by atoms with Gasteiger partial charge in [-0.05, 0) is 46.5 Å². The molecule has 1 unspecified atom stereocenters. The zero-order valence-corrected chi connectivity index (χ0v) is 14.1. The van der Waals surface area contributed by atoms with E-state index in [1.54, 1.807) is 4.68 Å². The van der Waals surface area contributed by atoms with Crippen molar-refractivity contribution in [2.45, 2.75) is 58.2 Å². The molecule has 0 spiro atoms. The lowest BCUT2D eigenvalue weighted by atomic mass is 9.95. The zero-order valence-electron chi connectivity index (χ0n) is 14.1. The van der Waals surface area contributed by atoms with Gasteiger partial charge in [0.05, 0.1) is 5.69 Å². The molecule has 1 aromatic heterocycles. The normalized spacial score (nSPS) is 17.9. The predicted octanol–water partition coefficient (Wildman–Crippen LogP) is 1.60. The third-order valence-corrected chi connectivity index (χ3v) is 3.80. The van der Waals surface area contributed by atoms with E-state index in [4.69, 9.17) is 4.74 Å². The molecule has 1 aromatic rings. The topological polar surface area (TPSA) is 81.1 Å². The molecular formula is C15H27N5O2. The van der Waals surface area contributed by atoms with Crippen molar-refractivity contribution in [1.29, 1.82) is 0 Å². The first-order chi connectivity index (χ1) is 10.2. The van der Waals surface area contributed by atoms with Gasteiger partial charge in [0.2, 0.25) is 0 Å². The second kappa shape index (κ2) is 6.24. The van der Waals surface area contributed by atoms with Gasteiger partial charge >= 0.3 is 6.09 Å². The Kier molecular flexibility index (Phi) is 4.75. The first-order valence-corrected chi connectivity index (χ1v) is 7.75. The summed E-state index contributed by atoms with van der Waals surface area (Å²) in [5, 5.41) is 14.4. The average Bonchev–Trinajstić information content (AvgIpc) is 3.16. The quantitative estimate of drug-likeness (QED) is 0.834. The number of hydrogen-bond donors (Lipinski definition) is 2. The van der Waals surface area contributed by atoms with Crippen molar-refractivity contribution in [3.63, 3.8) is 0 Å². The highest BCUT2D eigenvalue weighted by Gasteiger charge is 2.41. The summed E-state index contributed by atoms with van der Waals surface area (Å²) in [7, 11) is 1.85. The summed E-state index contributed by atoms with van der Waals surface area (Å²) in [4.78, 5) is 11.8. The molecule has 1 saturated carbocycles. The number of ether oxygens (including phenoxy) is 1. The monoisotopic (exact) mass is 309 g/mol. The lowest BCUT2D eigenvalue weighted by Crippen LogP contribution is -2.53. The van der Waals surface area contributed by atoms with Crippen LogP contribution in [0, 0.1) is 5.92 Å². The van der Waals surface area contributed by atoms with Gasteiger partial charge in [-0.1, -0.05) is 5.21 Å². The van der Waals surface area contributed by atoms with Crippen LogP contribution in [-0.2, 0) is 18.3 Å². The number of aromatic nitrogens is 3. The Labute approximate surface area is 131 Å². The Hall–Kier alpha value is -1.63. The Bertz CT molecular complexity index is 518. The molecule has 0 aliphatic heterocycles. The summed E-state index contributed by atoms with van der Waals surface area (Å²) in [6.45, 7) is 8.89. The van der Waals surface area contributed by atoms with E-state index in [-0.39, 0.29) is 11.6 Å². The number of carbonyl (C=O) groups excluding carboxylic acids is 1. The Morgan fingerprint density at radius 3 is 2.59 bits per heavy atom. The molecule has 1 aliphatic rings. The fraction of sp³-hybridized carbons (Fsp3) is 0.800. The van der Waals surface area contributed by atoms with Gasteiger partial charge in [-0.3, -0.25) is 4.68 Å². The van der Waals surface area contributed by atoms with Gasteiger partial charge < -0.3 is 15.4 Å². The minimum atomic E-state index is -0.479. The minimum Gasteiger partial charge on any atom is -0.444 e. The maximum atomic E-state index is 11.8. The van der Waals surface area contributed by atoms with Gasteiger partial charge in [0.25, 0.3) is 0 Å². The highest BCUT2D eigenvalue weighted by atomic mass is 16.6. The number of hydrogen-bond acceptors (Lipinski definition) is 5. The molecule has 7 nitrogen and oxygen atoms in total. The first kappa shape index (κ1) is 16.7. The number of nitrogens with zero attached hydrogens (tertiary/aromatic N) is 3. The van der Waals surface area contributed by atoms with Gasteiger partial charge in [-0.2, -0.15) is 0 Å². The Morgan fingerprint density at radius 2 is 2.09 bits per heavy atom. The van der Waals surface area contributed by atoms with Crippen LogP contribution < -0.4 is 10.6 Å². The van der Waals surface area contributed by atoms with E-state index in [1.165, 1.54) is 12.8 Å². The van der Waals surface area contributed by atoms with Gasteiger partial charge in [0.1, 0.15) is 5.60 Å². The van der Waals surface area contributed by atoms with Crippen LogP contribution in [0.25, 0.3) is 0 Å². The number of carbonyl (C=O) groups is 1. The van der Waals surface area contributed by atoms with Crippen LogP contribution in [-0.4, -0.2) is 38.8 Å². The number of amides is 1. The molecule has 1 heterocycles. The lowest BCUT2D eigenvalue weighted by Gasteiger charge is -2.31. The molecule has 0 aromatic carbocycles. The first-order valence-electron chi connectivity index (χ1n) is 7.75. The molecule has 7 heteroatoms. The molecule has 0 radical (unpaired) electrons. The molecule has 2 rings (SSSR count). The van der Waals surface area contributed by atoms with Crippen LogP contribution in [0.2, 0.25) is 0 Å². The van der Waals surface area contributed by atoms with Crippen molar-refractivity contribution < 1.29 is 9.53 Å². The van der Waals surface area contributed by atoms with Gasteiger partial charge in [0, 0.05) is 31.9 Å². The molecule has 0 bridgehead atoms. The third kappa shape index (κ3) is 4.98. The Morgan fingerprint density at radius 1 is 1.41 bits per heavy atom. The summed E-state index contributed by atoms with van der Waals surface area (Å²) < 4.78 is 6.98. The molecule has 22 heavy (non-hydrogen) atoms. The molecule has 0 saturated heterocycles. The van der Waals surface area contributed by atoms with E-state index in [1.807, 2.05) is 34.0 Å². The maximum absolute atomic E-state index is 11.8. The van der Waals surface area contributed by atoms with Crippen molar-refractivity contribution in [3.8, 4) is 0 Å². The highest BCUT2D eigenvalue weighted by Crippen LogP contribution is 2.39. The molecule has 1 amide bonds. The Balaban J connectivity index is 1.86. The number of alkyl carbamates (subject to hydrolysis) is 1. The van der Waals surface area contributed by atoms with E-state index < -0.39 is 5.60 Å². The van der Waals surface area contributed by atoms with Crippen molar-refractivity contribution in [1.82, 2.24) is 25.6 Å². The molecule has 1 fully saturated rings. The smallest absolute Gasteiger partial charge is 0.407 e. The second-order valence-electron chi connectivity index (χ2n) is 7.28. The van der Waals surface area contributed by atoms with Crippen molar-refractivity contribution in [2.24, 2.45) is 13.0 Å². The van der Waals surface area contributed by atoms with Crippen LogP contribution >= 0.6 is 0 Å². The van der Waals surface area contributed by atoms with Gasteiger partial charge in [-0.25, -0.2) is 4.79 Å². The fourth-order valence-corrected chi connectivity index (χ4v) is 2.41. The number of aryl methyl sites for hydroxylation is 1. The van der Waals surface area contributed by atoms with Crippen LogP contribution in [0.15, 0.2) is 6.20 Å². The summed E-state index contributed by atoms with van der Waals surface area (Å²) in [5.74, 6) is 0.569. The minimum absolute atomic E-state index is 0.158. The zero-order chi connectivity index (χ0) is 16.4. The van der Waals surface area contributed by atoms with Gasteiger partial charge in [0.15, 0.2) is 0 Å². The summed E-state index contributed by atoms with van der Waals surface area (Å²) in [6.07, 6.45) is 3.88. The highest BCUT2D eigenvalue weighted by molar-refractivity contribution is 5.67. The largest absolute Gasteiger partial charge is 0.444 e. The second-order valence-corrected chi connectivity index (χ2v) is 7.28. The molecule has 1 aliphatic carbocycles. The lowest BCUT2D eigenvalue weighted by molar-refractivity contribution is 0.0507. The standard InChI is InChI=1S/C15H27N5O2/c1-14(2,3)22-13(21)16-10-15(4,11-6-7-11)17-8-12-9-20(5)19-18-12/h9,11,17H,6-8,10H2,1-5H3,(H,16,21). The molecular weight excluding hydrogens is 282 g/mol. The summed E-state index contributed by atoms with van der Waals surface area (Å²) in [6, 6.07) is 0. The fourth-order valence-electron chi connectivity index (χ4n) is 2.41. The van der Waals surface area contributed by atoms with E-state index in [9.17, 15) is 4.79 Å². The van der Waals surface area contributed by atoms with E-state index in [0.29, 0.717) is 19.0 Å². The molecule has 124 valence electrons. The van der Waals surface area contributed by atoms with Crippen molar-refractivity contribution >= 4 is 6.09 Å². The SMILES string of the molecule is Cn1cc(CNC(C)(CNC(=O)OC(C)(C)C)C2CC2)nn1. The average molecular weight is 309 g/mol. The maximum Gasteiger partial charge on any atom is 0.407 e. The number of nitrogens with one attached hydrogen (secondary N) is 2. The van der Waals surface area contributed by atoms with E-state index in [2.05, 4.69) is 27.9 Å². The third-order valence-electron chi connectivity index (χ3n) is 3.80. The van der Waals surface area contributed by atoms with Crippen LogP contribution in [0.5, 0.6) is 0 Å². The van der Waals surface area contributed by atoms with Crippen LogP contribution in [0.4, 0.5) is 4.79 Å². The van der Waals surface area contributed by atoms with Crippen molar-refractivity contribution in [3.05, 3.63) is 11.9 Å². The van der Waals surface area contributed by atoms with Crippen molar-refractivity contribution in [2.75, 3.05) is 6.54 Å². The van der Waals surface area contributed by atoms with E-state index >= 15 is 0 Å². The summed E-state index contributed by atoms with van der Waals surface area (Å²) >= 11 is 0. The van der Waals surface area contributed by atoms with Crippen LogP contribution in [0.3, 0.4) is 0 Å². The van der Waals surface area contributed by atoms with E-state index in [0.717, 1.165) is 5.69 Å². The summed E-state index contributed by atoms with van der Waals surface area (Å²) in [5.41, 5.74) is 0.258. The van der Waals surface area contributed by atoms with Crippen LogP contribution in [0.1, 0.15) is 46.2 Å². The van der Waals surface area contributed by atoms with Gasteiger partial charge in [-0.15, -0.1) is 5.10 Å².